The smallest absolute Gasteiger partial charge is 0.179 e. The van der Waals surface area contributed by atoms with Gasteiger partial charge in [0.25, 0.3) is 0 Å². The van der Waals surface area contributed by atoms with Crippen molar-refractivity contribution in [3.05, 3.63) is 0 Å². The van der Waals surface area contributed by atoms with E-state index < -0.39 is 0 Å². The van der Waals surface area contributed by atoms with Crippen molar-refractivity contribution in [2.45, 2.75) is 58.0 Å². The van der Waals surface area contributed by atoms with Gasteiger partial charge in [-0.2, -0.15) is 5.26 Å². The van der Waals surface area contributed by atoms with Crippen LogP contribution in [0.4, 0.5) is 0 Å². The van der Waals surface area contributed by atoms with Crippen LogP contribution in [0.3, 0.4) is 0 Å². The minimum absolute atomic E-state index is 0.478. The molecule has 2 heterocycles. The molecule has 2 saturated heterocycles. The van der Waals surface area contributed by atoms with Gasteiger partial charge >= 0.3 is 0 Å². The molecule has 1 saturated carbocycles. The Bertz CT molecular complexity index is 384. The summed E-state index contributed by atoms with van der Waals surface area (Å²) in [7, 11) is 0. The molecule has 3 aliphatic rings. The average Bonchev–Trinajstić information content (AvgIpc) is 2.91. The fraction of sp³-hybridized carbons (Fsp3) is 0.941. The van der Waals surface area contributed by atoms with Gasteiger partial charge in [0, 0.05) is 51.4 Å². The maximum Gasteiger partial charge on any atom is 0.179 e. The molecule has 0 atom stereocenters. The topological polar surface area (TPSA) is 33.5 Å². The summed E-state index contributed by atoms with van der Waals surface area (Å²) in [5.41, 5.74) is 0.478. The molecule has 0 radical (unpaired) electrons. The van der Waals surface area contributed by atoms with Crippen molar-refractivity contribution in [2.24, 2.45) is 5.41 Å². The maximum absolute atomic E-state index is 9.07. The van der Waals surface area contributed by atoms with Crippen molar-refractivity contribution in [3.8, 4) is 6.19 Å². The first-order valence-electron chi connectivity index (χ1n) is 8.75. The highest BCUT2D eigenvalue weighted by Gasteiger charge is 2.42. The molecule has 0 amide bonds. The van der Waals surface area contributed by atoms with Gasteiger partial charge in [0.15, 0.2) is 6.19 Å². The first-order chi connectivity index (χ1) is 10.1. The molecule has 0 N–H and O–H groups in total. The lowest BCUT2D eigenvalue weighted by Crippen LogP contribution is -2.53. The molecule has 118 valence electrons. The highest BCUT2D eigenvalue weighted by Crippen LogP contribution is 2.44. The zero-order valence-corrected chi connectivity index (χ0v) is 13.7. The lowest BCUT2D eigenvalue weighted by Gasteiger charge is -2.45. The summed E-state index contributed by atoms with van der Waals surface area (Å²) in [6.07, 6.45) is 8.95. The Morgan fingerprint density at radius 3 is 2.19 bits per heavy atom. The van der Waals surface area contributed by atoms with Crippen LogP contribution in [0.1, 0.15) is 46.0 Å². The molecule has 3 rings (SSSR count). The molecule has 4 nitrogen and oxygen atoms in total. The third-order valence-electron chi connectivity index (χ3n) is 6.19. The summed E-state index contributed by atoms with van der Waals surface area (Å²) in [5, 5.41) is 9.07. The number of nitriles is 1. The molecule has 0 aromatic heterocycles. The normalized spacial score (nSPS) is 35.5. The van der Waals surface area contributed by atoms with Crippen LogP contribution in [0.15, 0.2) is 0 Å². The number of rotatable bonds is 2. The fourth-order valence-corrected chi connectivity index (χ4v) is 4.63. The second kappa shape index (κ2) is 6.14. The Morgan fingerprint density at radius 2 is 1.67 bits per heavy atom. The van der Waals surface area contributed by atoms with Gasteiger partial charge in [0.2, 0.25) is 0 Å². The fourth-order valence-electron chi connectivity index (χ4n) is 4.63. The molecule has 0 aromatic carbocycles. The minimum Gasteiger partial charge on any atom is -0.310 e. The van der Waals surface area contributed by atoms with Crippen LogP contribution in [-0.4, -0.2) is 66.1 Å². The van der Waals surface area contributed by atoms with E-state index in [4.69, 9.17) is 5.26 Å². The van der Waals surface area contributed by atoms with E-state index in [1.807, 2.05) is 4.90 Å². The molecule has 21 heavy (non-hydrogen) atoms. The van der Waals surface area contributed by atoms with E-state index in [9.17, 15) is 0 Å². The second-order valence-electron chi connectivity index (χ2n) is 7.67. The summed E-state index contributed by atoms with van der Waals surface area (Å²) in [6.45, 7) is 11.6. The highest BCUT2D eigenvalue weighted by molar-refractivity contribution is 4.98. The average molecular weight is 290 g/mol. The number of hydrogen-bond donors (Lipinski definition) is 0. The van der Waals surface area contributed by atoms with Crippen molar-refractivity contribution in [1.82, 2.24) is 14.7 Å². The van der Waals surface area contributed by atoms with Crippen LogP contribution in [0.5, 0.6) is 0 Å². The molecule has 0 aromatic rings. The van der Waals surface area contributed by atoms with Crippen LogP contribution in [-0.2, 0) is 0 Å². The molecule has 4 heteroatoms. The summed E-state index contributed by atoms with van der Waals surface area (Å²) >= 11 is 0. The number of likely N-dealkylation sites (tertiary alicyclic amines) is 1. The van der Waals surface area contributed by atoms with E-state index in [-0.39, 0.29) is 0 Å². The van der Waals surface area contributed by atoms with Crippen molar-refractivity contribution < 1.29 is 0 Å². The second-order valence-corrected chi connectivity index (χ2v) is 7.67. The zero-order valence-electron chi connectivity index (χ0n) is 13.7. The number of piperazine rings is 1. The van der Waals surface area contributed by atoms with Gasteiger partial charge in [-0.1, -0.05) is 0 Å². The molecule has 1 aliphatic carbocycles. The van der Waals surface area contributed by atoms with E-state index in [1.165, 1.54) is 58.3 Å². The van der Waals surface area contributed by atoms with Gasteiger partial charge in [0.1, 0.15) is 0 Å². The zero-order chi connectivity index (χ0) is 14.9. The first kappa shape index (κ1) is 15.1. The third kappa shape index (κ3) is 3.19. The van der Waals surface area contributed by atoms with Gasteiger partial charge in [-0.3, -0.25) is 9.80 Å². The summed E-state index contributed by atoms with van der Waals surface area (Å²) in [4.78, 5) is 7.31. The van der Waals surface area contributed by atoms with Gasteiger partial charge in [-0.05, 0) is 51.4 Å². The van der Waals surface area contributed by atoms with Crippen LogP contribution in [0, 0.1) is 16.9 Å². The van der Waals surface area contributed by atoms with Gasteiger partial charge < -0.3 is 4.90 Å². The van der Waals surface area contributed by atoms with E-state index in [1.54, 1.807) is 0 Å². The Hall–Kier alpha value is -0.790. The predicted molar refractivity (Wildman–Crippen MR) is 84.8 cm³/mol. The van der Waals surface area contributed by atoms with Gasteiger partial charge in [-0.25, -0.2) is 0 Å². The Labute approximate surface area is 129 Å². The molecular formula is C17H30N4. The summed E-state index contributed by atoms with van der Waals surface area (Å²) in [5.74, 6) is 0. The lowest BCUT2D eigenvalue weighted by atomic mass is 9.71. The highest BCUT2D eigenvalue weighted by atomic mass is 15.3. The van der Waals surface area contributed by atoms with E-state index in [0.29, 0.717) is 11.5 Å². The Balaban J connectivity index is 1.48. The molecule has 0 unspecified atom stereocenters. The van der Waals surface area contributed by atoms with Crippen molar-refractivity contribution in [3.63, 3.8) is 0 Å². The SMILES string of the molecule is CC(C)N1CCN(C2CCC3(CC2)CCN(C#N)C3)CC1. The van der Waals surface area contributed by atoms with E-state index in [0.717, 1.165) is 19.1 Å². The quantitative estimate of drug-likeness (QED) is 0.730. The number of nitrogens with zero attached hydrogens (tertiary/aromatic N) is 4. The monoisotopic (exact) mass is 290 g/mol. The van der Waals surface area contributed by atoms with E-state index in [2.05, 4.69) is 29.8 Å². The van der Waals surface area contributed by atoms with Crippen LogP contribution in [0.25, 0.3) is 0 Å². The third-order valence-corrected chi connectivity index (χ3v) is 6.19. The lowest BCUT2D eigenvalue weighted by molar-refractivity contribution is 0.0420. The van der Waals surface area contributed by atoms with Crippen LogP contribution < -0.4 is 0 Å². The van der Waals surface area contributed by atoms with Gasteiger partial charge in [-0.15, -0.1) is 0 Å². The van der Waals surface area contributed by atoms with Crippen LogP contribution in [0.2, 0.25) is 0 Å². The van der Waals surface area contributed by atoms with E-state index >= 15 is 0 Å². The first-order valence-corrected chi connectivity index (χ1v) is 8.75. The van der Waals surface area contributed by atoms with Crippen molar-refractivity contribution in [2.75, 3.05) is 39.3 Å². The standard InChI is InChI=1S/C17H30N4/c1-15(2)20-9-11-21(12-10-20)16-3-5-17(6-4-16)7-8-19(13-17)14-18/h15-16H,3-13H2,1-2H3. The largest absolute Gasteiger partial charge is 0.310 e. The predicted octanol–water partition coefficient (Wildman–Crippen LogP) is 2.13. The van der Waals surface area contributed by atoms with Crippen molar-refractivity contribution >= 4 is 0 Å². The van der Waals surface area contributed by atoms with Crippen LogP contribution >= 0.6 is 0 Å². The molecule has 1 spiro atoms. The minimum atomic E-state index is 0.478. The maximum atomic E-state index is 9.07. The Morgan fingerprint density at radius 1 is 1.00 bits per heavy atom. The molecule has 3 fully saturated rings. The van der Waals surface area contributed by atoms with Gasteiger partial charge in [0.05, 0.1) is 0 Å². The Kier molecular flexibility index (Phi) is 4.42. The molecule has 0 bridgehead atoms. The molecular weight excluding hydrogens is 260 g/mol. The number of hydrogen-bond acceptors (Lipinski definition) is 4. The summed E-state index contributed by atoms with van der Waals surface area (Å²) in [6, 6.07) is 1.50. The van der Waals surface area contributed by atoms with Crippen molar-refractivity contribution in [1.29, 1.82) is 5.26 Å². The molecule has 2 aliphatic heterocycles. The summed E-state index contributed by atoms with van der Waals surface area (Å²) < 4.78 is 0.